The van der Waals surface area contributed by atoms with Crippen LogP contribution in [0.5, 0.6) is 0 Å². The highest BCUT2D eigenvalue weighted by Gasteiger charge is 2.36. The van der Waals surface area contributed by atoms with E-state index >= 15 is 0 Å². The van der Waals surface area contributed by atoms with E-state index in [0.29, 0.717) is 12.1 Å². The highest BCUT2D eigenvalue weighted by molar-refractivity contribution is 4.95. The second-order valence-corrected chi connectivity index (χ2v) is 8.03. The van der Waals surface area contributed by atoms with Crippen molar-refractivity contribution in [1.29, 1.82) is 0 Å². The van der Waals surface area contributed by atoms with Crippen LogP contribution in [0, 0.1) is 11.8 Å². The lowest BCUT2D eigenvalue weighted by Crippen LogP contribution is -2.52. The van der Waals surface area contributed by atoms with Crippen LogP contribution >= 0.6 is 0 Å². The summed E-state index contributed by atoms with van der Waals surface area (Å²) in [6.07, 6.45) is 9.39. The van der Waals surface area contributed by atoms with E-state index in [1.165, 1.54) is 51.6 Å². The molecule has 3 aliphatic carbocycles. The third-order valence-corrected chi connectivity index (χ3v) is 5.23. The number of hydrogen-bond donors (Lipinski definition) is 2. The van der Waals surface area contributed by atoms with Gasteiger partial charge in [-0.15, -0.1) is 0 Å². The number of rotatable bonds is 10. The summed E-state index contributed by atoms with van der Waals surface area (Å²) in [5, 5.41) is 13.5. The number of aliphatic hydroxyl groups is 1. The van der Waals surface area contributed by atoms with Crippen molar-refractivity contribution in [2.45, 2.75) is 76.4 Å². The summed E-state index contributed by atoms with van der Waals surface area (Å²) in [4.78, 5) is 2.72. The van der Waals surface area contributed by atoms with Crippen LogP contribution in [0.15, 0.2) is 0 Å². The molecule has 0 spiro atoms. The molecule has 0 aliphatic heterocycles. The van der Waals surface area contributed by atoms with E-state index in [9.17, 15) is 5.11 Å². The Morgan fingerprint density at radius 3 is 2.05 bits per heavy atom. The molecular weight excluding hydrogens is 248 g/mol. The van der Waals surface area contributed by atoms with Crippen LogP contribution in [-0.2, 0) is 0 Å². The van der Waals surface area contributed by atoms with Crippen LogP contribution in [0.2, 0.25) is 0 Å². The summed E-state index contributed by atoms with van der Waals surface area (Å²) in [5.74, 6) is 1.93. The Labute approximate surface area is 124 Å². The van der Waals surface area contributed by atoms with Gasteiger partial charge in [0, 0.05) is 30.7 Å². The predicted octanol–water partition coefficient (Wildman–Crippen LogP) is 2.39. The van der Waals surface area contributed by atoms with Gasteiger partial charge in [-0.3, -0.25) is 0 Å². The van der Waals surface area contributed by atoms with E-state index in [1.54, 1.807) is 0 Å². The van der Waals surface area contributed by atoms with Crippen molar-refractivity contribution in [2.75, 3.05) is 19.7 Å². The Balaban J connectivity index is 1.53. The van der Waals surface area contributed by atoms with E-state index in [0.717, 1.165) is 18.3 Å². The zero-order valence-corrected chi connectivity index (χ0v) is 13.3. The molecule has 0 radical (unpaired) electrons. The molecule has 3 heteroatoms. The number of aliphatic hydroxyl groups excluding tert-OH is 1. The molecule has 0 aromatic rings. The summed E-state index contributed by atoms with van der Waals surface area (Å²) in [7, 11) is 0. The van der Waals surface area contributed by atoms with Gasteiger partial charge in [0.2, 0.25) is 0 Å². The average Bonchev–Trinajstić information content (AvgIpc) is 3.23. The van der Waals surface area contributed by atoms with E-state index in [2.05, 4.69) is 24.1 Å². The van der Waals surface area contributed by atoms with Gasteiger partial charge in [0.25, 0.3) is 0 Å². The highest BCUT2D eigenvalue weighted by atomic mass is 16.3. The number of nitrogens with zero attached hydrogens (tertiary/aromatic N) is 1. The second kappa shape index (κ2) is 5.94. The third-order valence-electron chi connectivity index (χ3n) is 5.23. The smallest absolute Gasteiger partial charge is 0.0611 e. The Bertz CT molecular complexity index is 309. The van der Waals surface area contributed by atoms with Crippen molar-refractivity contribution < 1.29 is 5.11 Å². The molecule has 3 aliphatic rings. The van der Waals surface area contributed by atoms with Gasteiger partial charge in [-0.1, -0.05) is 0 Å². The van der Waals surface area contributed by atoms with Gasteiger partial charge >= 0.3 is 0 Å². The molecule has 0 heterocycles. The molecule has 0 amide bonds. The zero-order chi connectivity index (χ0) is 14.2. The summed E-state index contributed by atoms with van der Waals surface area (Å²) in [6.45, 7) is 7.42. The maximum atomic E-state index is 9.80. The fourth-order valence-electron chi connectivity index (χ4n) is 3.37. The third kappa shape index (κ3) is 4.44. The van der Waals surface area contributed by atoms with Crippen molar-refractivity contribution in [3.63, 3.8) is 0 Å². The van der Waals surface area contributed by atoms with Crippen LogP contribution in [0.4, 0.5) is 0 Å². The molecule has 3 nitrogen and oxygen atoms in total. The molecule has 2 atom stereocenters. The van der Waals surface area contributed by atoms with Crippen molar-refractivity contribution in [3.8, 4) is 0 Å². The minimum atomic E-state index is -0.0913. The van der Waals surface area contributed by atoms with Crippen LogP contribution < -0.4 is 5.32 Å². The van der Waals surface area contributed by atoms with Crippen molar-refractivity contribution in [1.82, 2.24) is 10.2 Å². The van der Waals surface area contributed by atoms with Crippen LogP contribution in [0.1, 0.15) is 58.8 Å². The second-order valence-electron chi connectivity index (χ2n) is 8.03. The van der Waals surface area contributed by atoms with E-state index in [1.807, 2.05) is 0 Å². The molecule has 116 valence electrons. The average molecular weight is 280 g/mol. The van der Waals surface area contributed by atoms with Gasteiger partial charge in [0.15, 0.2) is 0 Å². The number of nitrogens with one attached hydrogen (secondary N) is 1. The van der Waals surface area contributed by atoms with E-state index < -0.39 is 0 Å². The monoisotopic (exact) mass is 280 g/mol. The molecule has 20 heavy (non-hydrogen) atoms. The van der Waals surface area contributed by atoms with Gasteiger partial charge in [0.1, 0.15) is 0 Å². The SMILES string of the molecule is CC(CC(C)(CO)NC1CC1)N(CC1CC1)CC1CC1. The molecular formula is C17H32N2O. The molecule has 3 rings (SSSR count). The van der Waals surface area contributed by atoms with Crippen molar-refractivity contribution in [2.24, 2.45) is 11.8 Å². The summed E-state index contributed by atoms with van der Waals surface area (Å²) >= 11 is 0. The Hall–Kier alpha value is -0.120. The predicted molar refractivity (Wildman–Crippen MR) is 82.7 cm³/mol. The molecule has 0 aromatic carbocycles. The van der Waals surface area contributed by atoms with Crippen LogP contribution in [0.25, 0.3) is 0 Å². The molecule has 2 N–H and O–H groups in total. The minimum Gasteiger partial charge on any atom is -0.394 e. The van der Waals surface area contributed by atoms with Gasteiger partial charge in [-0.05, 0) is 70.6 Å². The lowest BCUT2D eigenvalue weighted by molar-refractivity contribution is 0.107. The normalized spacial score (nSPS) is 27.6. The van der Waals surface area contributed by atoms with Crippen molar-refractivity contribution in [3.05, 3.63) is 0 Å². The van der Waals surface area contributed by atoms with Crippen LogP contribution in [-0.4, -0.2) is 47.3 Å². The first-order chi connectivity index (χ1) is 9.58. The highest BCUT2D eigenvalue weighted by Crippen LogP contribution is 2.35. The first kappa shape index (κ1) is 14.8. The maximum Gasteiger partial charge on any atom is 0.0611 e. The lowest BCUT2D eigenvalue weighted by atomic mass is 9.93. The summed E-state index contributed by atoms with van der Waals surface area (Å²) in [5.41, 5.74) is -0.0913. The molecule has 0 saturated heterocycles. The topological polar surface area (TPSA) is 35.5 Å². The van der Waals surface area contributed by atoms with E-state index in [-0.39, 0.29) is 12.1 Å². The van der Waals surface area contributed by atoms with Gasteiger partial charge in [0.05, 0.1) is 6.61 Å². The molecule has 0 aromatic heterocycles. The largest absolute Gasteiger partial charge is 0.394 e. The summed E-state index contributed by atoms with van der Waals surface area (Å²) < 4.78 is 0. The van der Waals surface area contributed by atoms with Crippen molar-refractivity contribution >= 4 is 0 Å². The maximum absolute atomic E-state index is 9.80. The zero-order valence-electron chi connectivity index (χ0n) is 13.3. The molecule has 2 unspecified atom stereocenters. The van der Waals surface area contributed by atoms with Gasteiger partial charge in [-0.25, -0.2) is 0 Å². The van der Waals surface area contributed by atoms with Gasteiger partial charge < -0.3 is 15.3 Å². The minimum absolute atomic E-state index is 0.0913. The van der Waals surface area contributed by atoms with Crippen LogP contribution in [0.3, 0.4) is 0 Å². The fourth-order valence-corrected chi connectivity index (χ4v) is 3.37. The summed E-state index contributed by atoms with van der Waals surface area (Å²) in [6, 6.07) is 1.25. The molecule has 0 bridgehead atoms. The Morgan fingerprint density at radius 2 is 1.65 bits per heavy atom. The number of hydrogen-bond acceptors (Lipinski definition) is 3. The fraction of sp³-hybridized carbons (Fsp3) is 1.00. The molecule has 3 fully saturated rings. The first-order valence-electron chi connectivity index (χ1n) is 8.70. The quantitative estimate of drug-likeness (QED) is 0.645. The molecule has 3 saturated carbocycles. The first-order valence-corrected chi connectivity index (χ1v) is 8.70. The van der Waals surface area contributed by atoms with E-state index in [4.69, 9.17) is 0 Å². The van der Waals surface area contributed by atoms with Gasteiger partial charge in [-0.2, -0.15) is 0 Å². The lowest BCUT2D eigenvalue weighted by Gasteiger charge is -2.37. The standard InChI is InChI=1S/C17H32N2O/c1-13(9-17(2,12-20)18-16-7-8-16)19(10-14-3-4-14)11-15-5-6-15/h13-16,18,20H,3-12H2,1-2H3. The Morgan fingerprint density at radius 1 is 1.10 bits per heavy atom. The Kier molecular flexibility index (Phi) is 4.40.